The molecular weight excluding hydrogens is 561 g/mol. The zero-order valence-electron chi connectivity index (χ0n) is 21.2. The number of hydrogen-bond acceptors (Lipinski definition) is 5. The van der Waals surface area contributed by atoms with Crippen molar-refractivity contribution >= 4 is 11.6 Å². The normalized spacial score (nSPS) is 16.0. The Morgan fingerprint density at radius 2 is 1.80 bits per heavy atom. The Morgan fingerprint density at radius 1 is 1.02 bits per heavy atom. The van der Waals surface area contributed by atoms with Gasteiger partial charge in [0.15, 0.2) is 6.61 Å². The summed E-state index contributed by atoms with van der Waals surface area (Å²) < 4.78 is 101. The van der Waals surface area contributed by atoms with Crippen LogP contribution in [0.1, 0.15) is 23.7 Å². The number of imidazole rings is 1. The summed E-state index contributed by atoms with van der Waals surface area (Å²) >= 11 is 0. The molecule has 8 nitrogen and oxygen atoms in total. The van der Waals surface area contributed by atoms with Gasteiger partial charge in [-0.2, -0.15) is 26.3 Å². The number of aromatic nitrogens is 5. The second-order valence-electron chi connectivity index (χ2n) is 9.42. The number of ether oxygens (including phenoxy) is 1. The fraction of sp³-hybridized carbons (Fsp3) is 0.308. The second kappa shape index (κ2) is 10.5. The molecule has 1 atom stereocenters. The lowest BCUT2D eigenvalue weighted by atomic mass is 10.1. The van der Waals surface area contributed by atoms with E-state index in [0.717, 1.165) is 10.7 Å². The topological polar surface area (TPSA) is 78.1 Å². The highest BCUT2D eigenvalue weighted by Gasteiger charge is 2.40. The minimum Gasteiger partial charge on any atom is -0.482 e. The molecule has 216 valence electrons. The van der Waals surface area contributed by atoms with Gasteiger partial charge in [-0.15, -0.1) is 5.10 Å². The third-order valence-electron chi connectivity index (χ3n) is 6.41. The van der Waals surface area contributed by atoms with Gasteiger partial charge in [-0.3, -0.25) is 4.79 Å². The summed E-state index contributed by atoms with van der Waals surface area (Å²) in [7, 11) is 0. The Morgan fingerprint density at radius 3 is 2.49 bits per heavy atom. The molecule has 2 aromatic carbocycles. The quantitative estimate of drug-likeness (QED) is 0.277. The highest BCUT2D eigenvalue weighted by atomic mass is 19.4. The lowest BCUT2D eigenvalue weighted by Crippen LogP contribution is -2.42. The fourth-order valence-corrected chi connectivity index (χ4v) is 4.61. The van der Waals surface area contributed by atoms with E-state index in [4.69, 9.17) is 4.74 Å². The summed E-state index contributed by atoms with van der Waals surface area (Å²) in [5, 5.41) is 7.93. The number of halogens is 7. The first-order chi connectivity index (χ1) is 19.3. The standard InChI is InChI=1S/C26H21F7N6O2/c1-15-10-37(14-34-15)21-7-5-16(9-23(21)41-13-26(31,32)33)19-11-39(36-35-19)22-8-6-17-18(27)3-2-4-20(17)38(24(22)40)12-25(28,29)30/h2-5,7,9-11,14,22H,6,8,12-13H2,1H3/t22-/m0/s1. The molecule has 15 heteroatoms. The van der Waals surface area contributed by atoms with Crippen molar-refractivity contribution in [3.05, 3.63) is 72.2 Å². The van der Waals surface area contributed by atoms with E-state index in [9.17, 15) is 35.5 Å². The van der Waals surface area contributed by atoms with E-state index in [0.29, 0.717) is 10.6 Å². The van der Waals surface area contributed by atoms with Gasteiger partial charge in [0.25, 0.3) is 5.91 Å². The van der Waals surface area contributed by atoms with Crippen LogP contribution in [0.15, 0.2) is 55.1 Å². The molecule has 0 saturated carbocycles. The number of rotatable bonds is 6. The Hall–Kier alpha value is -4.43. The maximum Gasteiger partial charge on any atom is 0.422 e. The largest absolute Gasteiger partial charge is 0.482 e. The summed E-state index contributed by atoms with van der Waals surface area (Å²) in [4.78, 5) is 17.9. The predicted octanol–water partition coefficient (Wildman–Crippen LogP) is 5.60. The van der Waals surface area contributed by atoms with E-state index in [2.05, 4.69) is 15.3 Å². The number of carbonyl (C=O) groups excluding carboxylic acids is 1. The first-order valence-corrected chi connectivity index (χ1v) is 12.2. The van der Waals surface area contributed by atoms with E-state index in [1.54, 1.807) is 13.1 Å². The number of alkyl halides is 6. The lowest BCUT2D eigenvalue weighted by Gasteiger charge is -2.26. The van der Waals surface area contributed by atoms with Crippen LogP contribution in [-0.2, 0) is 11.2 Å². The number of fused-ring (bicyclic) bond motifs is 1. The van der Waals surface area contributed by atoms with Gasteiger partial charge in [0.1, 0.15) is 29.8 Å². The zero-order chi connectivity index (χ0) is 29.5. The molecule has 0 aliphatic carbocycles. The molecule has 0 bridgehead atoms. The average Bonchev–Trinajstić information content (AvgIpc) is 3.52. The van der Waals surface area contributed by atoms with Crippen molar-refractivity contribution in [3.63, 3.8) is 0 Å². The van der Waals surface area contributed by atoms with E-state index in [1.165, 1.54) is 47.4 Å². The molecule has 3 heterocycles. The third-order valence-corrected chi connectivity index (χ3v) is 6.41. The number of hydrogen-bond donors (Lipinski definition) is 0. The summed E-state index contributed by atoms with van der Waals surface area (Å²) in [5.74, 6) is -1.83. The molecule has 1 aliphatic heterocycles. The molecule has 2 aromatic heterocycles. The van der Waals surface area contributed by atoms with Crippen LogP contribution in [0.4, 0.5) is 36.4 Å². The summed E-state index contributed by atoms with van der Waals surface area (Å²) in [6.07, 6.45) is -5.18. The fourth-order valence-electron chi connectivity index (χ4n) is 4.61. The number of benzene rings is 2. The van der Waals surface area contributed by atoms with E-state index in [1.807, 2.05) is 0 Å². The number of aryl methyl sites for hydroxylation is 1. The van der Waals surface area contributed by atoms with Crippen molar-refractivity contribution in [1.29, 1.82) is 0 Å². The number of amides is 1. The Bertz CT molecular complexity index is 1580. The lowest BCUT2D eigenvalue weighted by molar-refractivity contribution is -0.153. The zero-order valence-corrected chi connectivity index (χ0v) is 21.2. The molecule has 0 N–H and O–H groups in total. The van der Waals surface area contributed by atoms with Gasteiger partial charge in [0.05, 0.1) is 29.6 Å². The van der Waals surface area contributed by atoms with Crippen LogP contribution in [0.3, 0.4) is 0 Å². The first-order valence-electron chi connectivity index (χ1n) is 12.2. The van der Waals surface area contributed by atoms with Crippen molar-refractivity contribution in [2.24, 2.45) is 0 Å². The molecule has 41 heavy (non-hydrogen) atoms. The van der Waals surface area contributed by atoms with Gasteiger partial charge in [0, 0.05) is 17.3 Å². The van der Waals surface area contributed by atoms with Gasteiger partial charge >= 0.3 is 12.4 Å². The molecular formula is C26H21F7N6O2. The molecule has 4 aromatic rings. The van der Waals surface area contributed by atoms with Crippen LogP contribution in [-0.4, -0.2) is 56.0 Å². The van der Waals surface area contributed by atoms with Crippen LogP contribution >= 0.6 is 0 Å². The van der Waals surface area contributed by atoms with Gasteiger partial charge in [-0.05, 0) is 44.0 Å². The number of nitrogens with zero attached hydrogens (tertiary/aromatic N) is 6. The van der Waals surface area contributed by atoms with Crippen LogP contribution in [0, 0.1) is 12.7 Å². The molecule has 0 saturated heterocycles. The minimum atomic E-state index is -4.76. The van der Waals surface area contributed by atoms with Crippen LogP contribution in [0.5, 0.6) is 5.75 Å². The van der Waals surface area contributed by atoms with Gasteiger partial charge < -0.3 is 14.2 Å². The number of carbonyl (C=O) groups is 1. The summed E-state index contributed by atoms with van der Waals surface area (Å²) in [6, 6.07) is 6.67. The van der Waals surface area contributed by atoms with E-state index in [-0.39, 0.29) is 46.8 Å². The average molecular weight is 582 g/mol. The van der Waals surface area contributed by atoms with Crippen molar-refractivity contribution in [3.8, 4) is 22.7 Å². The van der Waals surface area contributed by atoms with Gasteiger partial charge in [-0.1, -0.05) is 17.3 Å². The molecule has 1 amide bonds. The molecule has 0 unspecified atom stereocenters. The van der Waals surface area contributed by atoms with Gasteiger partial charge in [0.2, 0.25) is 0 Å². The summed E-state index contributed by atoms with van der Waals surface area (Å²) in [5.41, 5.74) is 1.09. The van der Waals surface area contributed by atoms with Crippen molar-refractivity contribution in [2.75, 3.05) is 18.1 Å². The third kappa shape index (κ3) is 6.18. The monoisotopic (exact) mass is 582 g/mol. The Labute approximate surface area is 228 Å². The van der Waals surface area contributed by atoms with Crippen molar-refractivity contribution in [1.82, 2.24) is 24.5 Å². The van der Waals surface area contributed by atoms with Crippen molar-refractivity contribution < 1.29 is 40.3 Å². The minimum absolute atomic E-state index is 0.0234. The van der Waals surface area contributed by atoms with Crippen LogP contribution in [0.2, 0.25) is 0 Å². The highest BCUT2D eigenvalue weighted by Crippen LogP contribution is 2.36. The SMILES string of the molecule is Cc1cn(-c2ccc(-c3cn([C@H]4CCc5c(F)cccc5N(CC(F)(F)F)C4=O)nn3)cc2OCC(F)(F)F)cn1. The second-order valence-corrected chi connectivity index (χ2v) is 9.42. The molecule has 0 radical (unpaired) electrons. The predicted molar refractivity (Wildman–Crippen MR) is 131 cm³/mol. The Balaban J connectivity index is 1.48. The maximum absolute atomic E-state index is 14.5. The highest BCUT2D eigenvalue weighted by molar-refractivity contribution is 5.97. The molecule has 1 aliphatic rings. The van der Waals surface area contributed by atoms with E-state index >= 15 is 0 Å². The summed E-state index contributed by atoms with van der Waals surface area (Å²) in [6.45, 7) is -1.49. The van der Waals surface area contributed by atoms with Crippen LogP contribution < -0.4 is 9.64 Å². The van der Waals surface area contributed by atoms with Crippen molar-refractivity contribution in [2.45, 2.75) is 38.2 Å². The van der Waals surface area contributed by atoms with Gasteiger partial charge in [-0.25, -0.2) is 14.1 Å². The first kappa shape index (κ1) is 28.1. The number of anilines is 1. The molecule has 5 rings (SSSR count). The van der Waals surface area contributed by atoms with E-state index < -0.39 is 43.3 Å². The molecule has 0 fully saturated rings. The van der Waals surface area contributed by atoms with Crippen LogP contribution in [0.25, 0.3) is 16.9 Å². The smallest absolute Gasteiger partial charge is 0.422 e. The Kier molecular flexibility index (Phi) is 7.21. The maximum atomic E-state index is 14.5. The molecule has 0 spiro atoms.